The fraction of sp³-hybridized carbons (Fsp3) is 0.400. The van der Waals surface area contributed by atoms with E-state index in [2.05, 4.69) is 16.4 Å². The van der Waals surface area contributed by atoms with Crippen molar-refractivity contribution >= 4 is 11.5 Å². The number of nitrogens with one attached hydrogen (secondary N) is 1. The SMILES string of the molecule is CNCCN(C)c1ncc(N)cc1C#N. The van der Waals surface area contributed by atoms with Gasteiger partial charge in [-0.25, -0.2) is 4.98 Å². The van der Waals surface area contributed by atoms with E-state index in [-0.39, 0.29) is 0 Å². The molecule has 5 heteroatoms. The third kappa shape index (κ3) is 2.82. The van der Waals surface area contributed by atoms with Gasteiger partial charge in [-0.3, -0.25) is 0 Å². The third-order valence-electron chi connectivity index (χ3n) is 2.07. The second-order valence-electron chi connectivity index (χ2n) is 3.28. The summed E-state index contributed by atoms with van der Waals surface area (Å²) in [7, 11) is 3.78. The molecule has 0 bridgehead atoms. The van der Waals surface area contributed by atoms with Crippen LogP contribution in [0.4, 0.5) is 11.5 Å². The van der Waals surface area contributed by atoms with Crippen LogP contribution >= 0.6 is 0 Å². The number of nitrogen functional groups attached to an aromatic ring is 1. The van der Waals surface area contributed by atoms with E-state index in [1.165, 1.54) is 0 Å². The summed E-state index contributed by atoms with van der Waals surface area (Å²) in [4.78, 5) is 6.08. The van der Waals surface area contributed by atoms with Crippen molar-refractivity contribution in [1.29, 1.82) is 5.26 Å². The number of likely N-dealkylation sites (N-methyl/N-ethyl adjacent to an activating group) is 2. The molecule has 5 nitrogen and oxygen atoms in total. The van der Waals surface area contributed by atoms with Gasteiger partial charge in [-0.05, 0) is 13.1 Å². The van der Waals surface area contributed by atoms with Crippen LogP contribution in [0, 0.1) is 11.3 Å². The summed E-state index contributed by atoms with van der Waals surface area (Å²) in [5.41, 5.74) is 6.58. The van der Waals surface area contributed by atoms with Gasteiger partial charge < -0.3 is 16.0 Å². The largest absolute Gasteiger partial charge is 0.397 e. The van der Waals surface area contributed by atoms with E-state index in [4.69, 9.17) is 11.0 Å². The lowest BCUT2D eigenvalue weighted by Gasteiger charge is -2.18. The second-order valence-corrected chi connectivity index (χ2v) is 3.28. The van der Waals surface area contributed by atoms with Gasteiger partial charge >= 0.3 is 0 Å². The van der Waals surface area contributed by atoms with Gasteiger partial charge in [0.05, 0.1) is 17.4 Å². The summed E-state index contributed by atoms with van der Waals surface area (Å²) in [5.74, 6) is 0.668. The molecule has 0 aliphatic rings. The highest BCUT2D eigenvalue weighted by Gasteiger charge is 2.08. The Hall–Kier alpha value is -1.80. The van der Waals surface area contributed by atoms with Crippen molar-refractivity contribution in [2.24, 2.45) is 0 Å². The van der Waals surface area contributed by atoms with Gasteiger partial charge in [0, 0.05) is 20.1 Å². The van der Waals surface area contributed by atoms with E-state index < -0.39 is 0 Å². The number of aromatic nitrogens is 1. The maximum absolute atomic E-state index is 8.93. The lowest BCUT2D eigenvalue weighted by molar-refractivity contribution is 0.761. The molecule has 0 spiro atoms. The molecular formula is C10H15N5. The Balaban J connectivity index is 2.89. The highest BCUT2D eigenvalue weighted by molar-refractivity contribution is 5.58. The lowest BCUT2D eigenvalue weighted by Crippen LogP contribution is -2.28. The third-order valence-corrected chi connectivity index (χ3v) is 2.07. The van der Waals surface area contributed by atoms with E-state index in [1.807, 2.05) is 19.0 Å². The summed E-state index contributed by atoms with van der Waals surface area (Å²) in [6, 6.07) is 3.73. The minimum atomic E-state index is 0.508. The number of anilines is 2. The van der Waals surface area contributed by atoms with Crippen molar-refractivity contribution in [3.8, 4) is 6.07 Å². The monoisotopic (exact) mass is 205 g/mol. The number of nitrogens with two attached hydrogens (primary N) is 1. The van der Waals surface area contributed by atoms with Gasteiger partial charge in [0.15, 0.2) is 0 Å². The van der Waals surface area contributed by atoms with Gasteiger partial charge in [-0.15, -0.1) is 0 Å². The molecule has 0 saturated heterocycles. The standard InChI is InChI=1S/C10H15N5/c1-13-3-4-15(2)10-8(6-11)5-9(12)7-14-10/h5,7,13H,3-4,12H2,1-2H3. The number of hydrogen-bond acceptors (Lipinski definition) is 5. The minimum Gasteiger partial charge on any atom is -0.397 e. The van der Waals surface area contributed by atoms with Crippen LogP contribution in [0.2, 0.25) is 0 Å². The first-order valence-corrected chi connectivity index (χ1v) is 4.70. The second kappa shape index (κ2) is 5.17. The van der Waals surface area contributed by atoms with Crippen molar-refractivity contribution in [2.45, 2.75) is 0 Å². The fourth-order valence-corrected chi connectivity index (χ4v) is 1.25. The summed E-state index contributed by atoms with van der Waals surface area (Å²) >= 11 is 0. The molecule has 1 aromatic rings. The van der Waals surface area contributed by atoms with Crippen LogP contribution < -0.4 is 16.0 Å². The summed E-state index contributed by atoms with van der Waals surface area (Å²) in [6.45, 7) is 1.63. The van der Waals surface area contributed by atoms with Gasteiger partial charge in [-0.1, -0.05) is 0 Å². The van der Waals surface area contributed by atoms with Crippen LogP contribution in [-0.4, -0.2) is 32.2 Å². The van der Waals surface area contributed by atoms with Crippen molar-refractivity contribution in [3.05, 3.63) is 17.8 Å². The van der Waals surface area contributed by atoms with E-state index in [0.717, 1.165) is 13.1 Å². The molecule has 0 saturated carbocycles. The Morgan fingerprint density at radius 2 is 2.40 bits per heavy atom. The Morgan fingerprint density at radius 1 is 1.67 bits per heavy atom. The first kappa shape index (κ1) is 11.3. The Morgan fingerprint density at radius 3 is 3.00 bits per heavy atom. The smallest absolute Gasteiger partial charge is 0.146 e. The summed E-state index contributed by atoms with van der Waals surface area (Å²) < 4.78 is 0. The number of rotatable bonds is 4. The van der Waals surface area contributed by atoms with Crippen LogP contribution in [-0.2, 0) is 0 Å². The van der Waals surface area contributed by atoms with Crippen molar-refractivity contribution < 1.29 is 0 Å². The first-order valence-electron chi connectivity index (χ1n) is 4.70. The summed E-state index contributed by atoms with van der Waals surface area (Å²) in [5, 5.41) is 12.0. The molecule has 3 N–H and O–H groups in total. The highest BCUT2D eigenvalue weighted by atomic mass is 15.2. The van der Waals surface area contributed by atoms with E-state index in [9.17, 15) is 0 Å². The number of nitrogens with zero attached hydrogens (tertiary/aromatic N) is 3. The molecule has 0 aromatic carbocycles. The maximum atomic E-state index is 8.93. The maximum Gasteiger partial charge on any atom is 0.146 e. The number of nitriles is 1. The van der Waals surface area contributed by atoms with Gasteiger partial charge in [-0.2, -0.15) is 5.26 Å². The number of pyridine rings is 1. The molecule has 0 amide bonds. The topological polar surface area (TPSA) is 78.0 Å². The molecule has 0 atom stereocenters. The molecule has 0 fully saturated rings. The normalized spacial score (nSPS) is 9.67. The molecule has 0 radical (unpaired) electrons. The van der Waals surface area contributed by atoms with E-state index in [0.29, 0.717) is 17.1 Å². The Bertz CT molecular complexity index is 369. The van der Waals surface area contributed by atoms with Crippen LogP contribution in [0.15, 0.2) is 12.3 Å². The van der Waals surface area contributed by atoms with Crippen molar-refractivity contribution in [1.82, 2.24) is 10.3 Å². The van der Waals surface area contributed by atoms with Crippen LogP contribution in [0.25, 0.3) is 0 Å². The van der Waals surface area contributed by atoms with Crippen LogP contribution in [0.1, 0.15) is 5.56 Å². The zero-order chi connectivity index (χ0) is 11.3. The van der Waals surface area contributed by atoms with Crippen molar-refractivity contribution in [2.75, 3.05) is 37.8 Å². The Kier molecular flexibility index (Phi) is 3.89. The molecule has 0 aliphatic carbocycles. The zero-order valence-electron chi connectivity index (χ0n) is 8.99. The van der Waals surface area contributed by atoms with Gasteiger partial charge in [0.25, 0.3) is 0 Å². The predicted molar refractivity (Wildman–Crippen MR) is 60.6 cm³/mol. The van der Waals surface area contributed by atoms with Gasteiger partial charge in [0.1, 0.15) is 11.9 Å². The molecule has 1 heterocycles. The highest BCUT2D eigenvalue weighted by Crippen LogP contribution is 2.17. The molecule has 1 rings (SSSR count). The van der Waals surface area contributed by atoms with Crippen molar-refractivity contribution in [3.63, 3.8) is 0 Å². The lowest BCUT2D eigenvalue weighted by atomic mass is 10.2. The van der Waals surface area contributed by atoms with E-state index >= 15 is 0 Å². The Labute approximate surface area is 89.5 Å². The molecule has 80 valence electrons. The minimum absolute atomic E-state index is 0.508. The quantitative estimate of drug-likeness (QED) is 0.733. The van der Waals surface area contributed by atoms with E-state index in [1.54, 1.807) is 12.3 Å². The van der Waals surface area contributed by atoms with Crippen LogP contribution in [0.3, 0.4) is 0 Å². The fourth-order valence-electron chi connectivity index (χ4n) is 1.25. The molecule has 0 aliphatic heterocycles. The first-order chi connectivity index (χ1) is 7.19. The zero-order valence-corrected chi connectivity index (χ0v) is 8.99. The van der Waals surface area contributed by atoms with Crippen LogP contribution in [0.5, 0.6) is 0 Å². The predicted octanol–water partition coefficient (Wildman–Crippen LogP) is 0.191. The summed E-state index contributed by atoms with van der Waals surface area (Å²) in [6.07, 6.45) is 1.56. The average molecular weight is 205 g/mol. The molecular weight excluding hydrogens is 190 g/mol. The van der Waals surface area contributed by atoms with Gasteiger partial charge in [0.2, 0.25) is 0 Å². The molecule has 1 aromatic heterocycles. The average Bonchev–Trinajstić information content (AvgIpc) is 2.25. The number of hydrogen-bond donors (Lipinski definition) is 2. The molecule has 15 heavy (non-hydrogen) atoms. The molecule has 0 unspecified atom stereocenters.